The number of para-hydroxylation sites is 1. The zero-order valence-corrected chi connectivity index (χ0v) is 17.4. The summed E-state index contributed by atoms with van der Waals surface area (Å²) < 4.78 is 0. The van der Waals surface area contributed by atoms with E-state index in [0.717, 1.165) is 28.8 Å². The topological polar surface area (TPSA) is 70.7 Å². The summed E-state index contributed by atoms with van der Waals surface area (Å²) in [5.74, 6) is 0.840. The number of carbonyl (C=O) groups is 1. The van der Waals surface area contributed by atoms with Crippen molar-refractivity contribution in [2.75, 3.05) is 11.1 Å². The van der Waals surface area contributed by atoms with Crippen LogP contribution in [0.5, 0.6) is 0 Å². The van der Waals surface area contributed by atoms with Crippen LogP contribution in [0.15, 0.2) is 84.0 Å². The largest absolute Gasteiger partial charge is 0.325 e. The lowest BCUT2D eigenvalue weighted by molar-refractivity contribution is -0.113. The molecule has 150 valence electrons. The minimum atomic E-state index is -0.0953. The van der Waals surface area contributed by atoms with Crippen LogP contribution in [0.25, 0.3) is 22.5 Å². The second-order valence-corrected chi connectivity index (χ2v) is 7.71. The van der Waals surface area contributed by atoms with Crippen LogP contribution < -0.4 is 5.32 Å². The van der Waals surface area contributed by atoms with Gasteiger partial charge in [0.1, 0.15) is 0 Å². The molecule has 0 bridgehead atoms. The van der Waals surface area contributed by atoms with E-state index in [2.05, 4.69) is 39.6 Å². The van der Waals surface area contributed by atoms with Gasteiger partial charge in [-0.2, -0.15) is 0 Å². The molecule has 0 unspecified atom stereocenters. The molecule has 0 saturated carbocycles. The molecule has 1 heterocycles. The quantitative estimate of drug-likeness (QED) is 0.396. The number of aromatic nitrogens is 3. The lowest BCUT2D eigenvalue weighted by Gasteiger charge is -2.10. The van der Waals surface area contributed by atoms with E-state index in [1.165, 1.54) is 17.3 Å². The summed E-state index contributed by atoms with van der Waals surface area (Å²) in [5.41, 5.74) is 5.11. The highest BCUT2D eigenvalue weighted by molar-refractivity contribution is 7.99. The zero-order chi connectivity index (χ0) is 20.8. The van der Waals surface area contributed by atoms with Gasteiger partial charge in [0.2, 0.25) is 11.1 Å². The van der Waals surface area contributed by atoms with E-state index in [0.29, 0.717) is 11.0 Å². The van der Waals surface area contributed by atoms with Gasteiger partial charge in [-0.15, -0.1) is 5.10 Å². The third kappa shape index (κ3) is 4.78. The van der Waals surface area contributed by atoms with Crippen LogP contribution in [0.3, 0.4) is 0 Å². The first-order valence-electron chi connectivity index (χ1n) is 9.81. The number of nitrogens with one attached hydrogen (secondary N) is 2. The highest BCUT2D eigenvalue weighted by Gasteiger charge is 2.11. The van der Waals surface area contributed by atoms with Gasteiger partial charge < -0.3 is 5.32 Å². The van der Waals surface area contributed by atoms with Crippen molar-refractivity contribution in [1.29, 1.82) is 0 Å². The van der Waals surface area contributed by atoms with Crippen molar-refractivity contribution in [2.24, 2.45) is 0 Å². The number of carbonyl (C=O) groups excluding carboxylic acids is 1. The minimum Gasteiger partial charge on any atom is -0.325 e. The number of H-pyrrole nitrogens is 1. The standard InChI is InChI=1S/C24H22N4OS/c1-2-17-12-14-19(15-13-17)23-26-24(28-27-23)30-16-22(29)25-21-11-7-6-10-20(21)18-8-4-3-5-9-18/h3-15H,2,16H2,1H3,(H,25,29)(H,26,27,28). The van der Waals surface area contributed by atoms with Crippen molar-refractivity contribution in [3.63, 3.8) is 0 Å². The fourth-order valence-electron chi connectivity index (χ4n) is 3.12. The molecule has 0 saturated heterocycles. The molecule has 0 aliphatic heterocycles. The second-order valence-electron chi connectivity index (χ2n) is 6.77. The van der Waals surface area contributed by atoms with Gasteiger partial charge in [-0.3, -0.25) is 9.89 Å². The van der Waals surface area contributed by atoms with Gasteiger partial charge in [-0.25, -0.2) is 4.98 Å². The summed E-state index contributed by atoms with van der Waals surface area (Å²) >= 11 is 1.31. The molecule has 5 nitrogen and oxygen atoms in total. The monoisotopic (exact) mass is 414 g/mol. The number of benzene rings is 3. The molecular weight excluding hydrogens is 392 g/mol. The number of hydrogen-bond donors (Lipinski definition) is 2. The Labute approximate surface area is 180 Å². The molecule has 0 atom stereocenters. The van der Waals surface area contributed by atoms with Gasteiger partial charge in [0.15, 0.2) is 5.82 Å². The average Bonchev–Trinajstić information content (AvgIpc) is 3.28. The first kappa shape index (κ1) is 19.9. The summed E-state index contributed by atoms with van der Waals surface area (Å²) in [4.78, 5) is 17.0. The molecule has 1 amide bonds. The lowest BCUT2D eigenvalue weighted by atomic mass is 10.0. The van der Waals surface area contributed by atoms with Crippen LogP contribution in [-0.2, 0) is 11.2 Å². The van der Waals surface area contributed by atoms with Crippen LogP contribution in [0.2, 0.25) is 0 Å². The third-order valence-electron chi connectivity index (χ3n) is 4.72. The Morgan fingerprint density at radius 3 is 2.43 bits per heavy atom. The van der Waals surface area contributed by atoms with E-state index < -0.39 is 0 Å². The molecule has 1 aromatic heterocycles. The Morgan fingerprint density at radius 1 is 0.933 bits per heavy atom. The average molecular weight is 415 g/mol. The van der Waals surface area contributed by atoms with Crippen LogP contribution in [0.4, 0.5) is 5.69 Å². The number of thioether (sulfide) groups is 1. The molecule has 0 aliphatic carbocycles. The minimum absolute atomic E-state index is 0.0953. The third-order valence-corrected chi connectivity index (χ3v) is 5.57. The Bertz CT molecular complexity index is 1120. The number of aryl methyl sites for hydroxylation is 1. The summed E-state index contributed by atoms with van der Waals surface area (Å²) in [7, 11) is 0. The number of amides is 1. The van der Waals surface area contributed by atoms with Crippen LogP contribution >= 0.6 is 11.8 Å². The molecule has 0 radical (unpaired) electrons. The number of nitrogens with zero attached hydrogens (tertiary/aromatic N) is 2. The van der Waals surface area contributed by atoms with Crippen LogP contribution in [0, 0.1) is 0 Å². The van der Waals surface area contributed by atoms with Gasteiger partial charge in [0.05, 0.1) is 5.75 Å². The number of aromatic amines is 1. The van der Waals surface area contributed by atoms with E-state index >= 15 is 0 Å². The molecule has 2 N–H and O–H groups in total. The molecule has 6 heteroatoms. The van der Waals surface area contributed by atoms with Crippen molar-refractivity contribution in [3.05, 3.63) is 84.4 Å². The van der Waals surface area contributed by atoms with Gasteiger partial charge >= 0.3 is 0 Å². The molecule has 0 fully saturated rings. The maximum atomic E-state index is 12.5. The predicted molar refractivity (Wildman–Crippen MR) is 122 cm³/mol. The van der Waals surface area contributed by atoms with E-state index in [-0.39, 0.29) is 11.7 Å². The van der Waals surface area contributed by atoms with E-state index in [1.807, 2.05) is 66.7 Å². The Hall–Kier alpha value is -3.38. The van der Waals surface area contributed by atoms with Crippen molar-refractivity contribution in [1.82, 2.24) is 15.2 Å². The smallest absolute Gasteiger partial charge is 0.234 e. The summed E-state index contributed by atoms with van der Waals surface area (Å²) in [6.45, 7) is 2.13. The van der Waals surface area contributed by atoms with Crippen LogP contribution in [0.1, 0.15) is 12.5 Å². The van der Waals surface area contributed by atoms with Gasteiger partial charge in [0.25, 0.3) is 0 Å². The molecule has 30 heavy (non-hydrogen) atoms. The highest BCUT2D eigenvalue weighted by Crippen LogP contribution is 2.28. The molecular formula is C24H22N4OS. The fourth-order valence-corrected chi connectivity index (χ4v) is 3.71. The summed E-state index contributed by atoms with van der Waals surface area (Å²) in [6.07, 6.45) is 1.00. The zero-order valence-electron chi connectivity index (χ0n) is 16.6. The first-order chi connectivity index (χ1) is 14.7. The molecule has 0 spiro atoms. The fraction of sp³-hybridized carbons (Fsp3) is 0.125. The van der Waals surface area contributed by atoms with Crippen LogP contribution in [-0.4, -0.2) is 26.8 Å². The van der Waals surface area contributed by atoms with Crippen molar-refractivity contribution >= 4 is 23.4 Å². The SMILES string of the molecule is CCc1ccc(-c2nc(SCC(=O)Nc3ccccc3-c3ccccc3)n[nH]2)cc1. The highest BCUT2D eigenvalue weighted by atomic mass is 32.2. The van der Waals surface area contributed by atoms with E-state index in [4.69, 9.17) is 0 Å². The molecule has 3 aromatic carbocycles. The Balaban J connectivity index is 1.39. The summed E-state index contributed by atoms with van der Waals surface area (Å²) in [6, 6.07) is 26.0. The van der Waals surface area contributed by atoms with Crippen molar-refractivity contribution in [2.45, 2.75) is 18.5 Å². The second kappa shape index (κ2) is 9.41. The maximum absolute atomic E-state index is 12.5. The predicted octanol–water partition coefficient (Wildman–Crippen LogP) is 5.43. The lowest BCUT2D eigenvalue weighted by Crippen LogP contribution is -2.14. The number of rotatable bonds is 7. The van der Waals surface area contributed by atoms with Crippen molar-refractivity contribution < 1.29 is 4.79 Å². The molecule has 4 rings (SSSR count). The number of hydrogen-bond acceptors (Lipinski definition) is 4. The van der Waals surface area contributed by atoms with E-state index in [9.17, 15) is 4.79 Å². The maximum Gasteiger partial charge on any atom is 0.234 e. The normalized spacial score (nSPS) is 10.7. The summed E-state index contributed by atoms with van der Waals surface area (Å²) in [5, 5.41) is 10.7. The van der Waals surface area contributed by atoms with Gasteiger partial charge in [-0.1, -0.05) is 91.5 Å². The Kier molecular flexibility index (Phi) is 6.25. The van der Waals surface area contributed by atoms with Crippen molar-refractivity contribution in [3.8, 4) is 22.5 Å². The van der Waals surface area contributed by atoms with E-state index in [1.54, 1.807) is 0 Å². The van der Waals surface area contributed by atoms with Gasteiger partial charge in [0, 0.05) is 16.8 Å². The molecule has 4 aromatic rings. The Morgan fingerprint density at radius 2 is 1.67 bits per heavy atom. The van der Waals surface area contributed by atoms with Gasteiger partial charge in [-0.05, 0) is 23.6 Å². The number of anilines is 1. The first-order valence-corrected chi connectivity index (χ1v) is 10.8. The molecule has 0 aliphatic rings.